The molecule has 0 rings (SSSR count). The molecule has 0 nitrogen and oxygen atoms in total. The zero-order chi connectivity index (χ0) is 16.4. The molecule has 1 unspecified atom stereocenters. The summed E-state index contributed by atoms with van der Waals surface area (Å²) in [5, 5.41) is 0. The third-order valence-corrected chi connectivity index (χ3v) is 5.12. The van der Waals surface area contributed by atoms with Gasteiger partial charge in [0.05, 0.1) is 0 Å². The first-order chi connectivity index (χ1) is 9.72. The van der Waals surface area contributed by atoms with Crippen molar-refractivity contribution < 1.29 is 0 Å². The largest absolute Gasteiger partial charge is 0.0654 e. The van der Waals surface area contributed by atoms with Gasteiger partial charge in [-0.25, -0.2) is 0 Å². The maximum Gasteiger partial charge on any atom is -0.0347 e. The zero-order valence-electron chi connectivity index (χ0n) is 16.4. The summed E-state index contributed by atoms with van der Waals surface area (Å²) in [6.45, 7) is 16.9. The maximum absolute atomic E-state index is 2.48. The Morgan fingerprint density at radius 3 is 1.76 bits per heavy atom. The molecule has 0 aromatic rings. The van der Waals surface area contributed by atoms with E-state index < -0.39 is 0 Å². The van der Waals surface area contributed by atoms with Crippen LogP contribution < -0.4 is 0 Å². The average molecular weight is 297 g/mol. The Morgan fingerprint density at radius 2 is 1.24 bits per heavy atom. The average Bonchev–Trinajstić information content (AvgIpc) is 2.35. The predicted octanol–water partition coefficient (Wildman–Crippen LogP) is 8.01. The lowest BCUT2D eigenvalue weighted by Gasteiger charge is -2.36. The number of hydrogen-bond donors (Lipinski definition) is 0. The van der Waals surface area contributed by atoms with Crippen LogP contribution in [0.1, 0.15) is 119 Å². The van der Waals surface area contributed by atoms with Gasteiger partial charge in [-0.1, -0.05) is 106 Å². The van der Waals surface area contributed by atoms with E-state index >= 15 is 0 Å². The van der Waals surface area contributed by atoms with Gasteiger partial charge in [-0.15, -0.1) is 0 Å². The van der Waals surface area contributed by atoms with Crippen LogP contribution in [-0.4, -0.2) is 0 Å². The van der Waals surface area contributed by atoms with Crippen molar-refractivity contribution in [2.75, 3.05) is 0 Å². The fraction of sp³-hybridized carbons (Fsp3) is 1.00. The summed E-state index contributed by atoms with van der Waals surface area (Å²) in [7, 11) is 0. The third kappa shape index (κ3) is 12.2. The van der Waals surface area contributed by atoms with Crippen LogP contribution in [0, 0.1) is 16.7 Å². The first-order valence-corrected chi connectivity index (χ1v) is 9.72. The molecule has 0 bridgehead atoms. The van der Waals surface area contributed by atoms with Crippen LogP contribution in [0.3, 0.4) is 0 Å². The highest BCUT2D eigenvalue weighted by molar-refractivity contribution is 4.80. The number of hydrogen-bond acceptors (Lipinski definition) is 0. The fourth-order valence-electron chi connectivity index (χ4n) is 3.99. The summed E-state index contributed by atoms with van der Waals surface area (Å²) in [5.74, 6) is 0.892. The summed E-state index contributed by atoms with van der Waals surface area (Å²) < 4.78 is 0. The van der Waals surface area contributed by atoms with E-state index in [0.717, 1.165) is 5.92 Å². The van der Waals surface area contributed by atoms with Gasteiger partial charge in [-0.05, 0) is 29.6 Å². The van der Waals surface area contributed by atoms with Crippen molar-refractivity contribution in [3.63, 3.8) is 0 Å². The van der Waals surface area contributed by atoms with E-state index in [4.69, 9.17) is 0 Å². The molecule has 0 amide bonds. The molecule has 0 heterocycles. The Labute approximate surface area is 136 Å². The predicted molar refractivity (Wildman–Crippen MR) is 98.9 cm³/mol. The fourth-order valence-corrected chi connectivity index (χ4v) is 3.99. The highest BCUT2D eigenvalue weighted by Crippen LogP contribution is 2.40. The van der Waals surface area contributed by atoms with Gasteiger partial charge in [0, 0.05) is 0 Å². The normalized spacial score (nSPS) is 14.4. The standard InChI is InChI=1S/C21H44/c1-8-10-11-12-13-14-15-16-19(3)17-21(6,7)18-20(4,5)9-2/h19H,8-18H2,1-7H3. The summed E-state index contributed by atoms with van der Waals surface area (Å²) in [5.41, 5.74) is 1.00. The molecule has 0 spiro atoms. The van der Waals surface area contributed by atoms with Crippen LogP contribution in [0.4, 0.5) is 0 Å². The van der Waals surface area contributed by atoms with Gasteiger partial charge in [0.2, 0.25) is 0 Å². The Hall–Kier alpha value is 0. The molecule has 0 aliphatic carbocycles. The van der Waals surface area contributed by atoms with E-state index in [9.17, 15) is 0 Å². The number of unbranched alkanes of at least 4 members (excludes halogenated alkanes) is 6. The lowest BCUT2D eigenvalue weighted by atomic mass is 9.70. The second kappa shape index (κ2) is 10.7. The van der Waals surface area contributed by atoms with Crippen LogP contribution in [-0.2, 0) is 0 Å². The molecule has 0 radical (unpaired) electrons. The second-order valence-electron chi connectivity index (χ2n) is 9.08. The summed E-state index contributed by atoms with van der Waals surface area (Å²) in [4.78, 5) is 0. The lowest BCUT2D eigenvalue weighted by molar-refractivity contribution is 0.154. The van der Waals surface area contributed by atoms with Crippen molar-refractivity contribution in [2.45, 2.75) is 119 Å². The summed E-state index contributed by atoms with van der Waals surface area (Å²) >= 11 is 0. The molecule has 0 saturated heterocycles. The Bertz CT molecular complexity index is 236. The Balaban J connectivity index is 3.79. The molecule has 0 aliphatic rings. The Morgan fingerprint density at radius 1 is 0.714 bits per heavy atom. The highest BCUT2D eigenvalue weighted by Gasteiger charge is 2.28. The minimum atomic E-state index is 0.500. The van der Waals surface area contributed by atoms with E-state index in [1.165, 1.54) is 70.6 Å². The minimum absolute atomic E-state index is 0.500. The van der Waals surface area contributed by atoms with Gasteiger partial charge in [-0.3, -0.25) is 0 Å². The molecule has 128 valence electrons. The van der Waals surface area contributed by atoms with Gasteiger partial charge >= 0.3 is 0 Å². The zero-order valence-corrected chi connectivity index (χ0v) is 16.4. The smallest absolute Gasteiger partial charge is 0.0347 e. The van der Waals surface area contributed by atoms with Crippen LogP contribution >= 0.6 is 0 Å². The lowest BCUT2D eigenvalue weighted by Crippen LogP contribution is -2.24. The van der Waals surface area contributed by atoms with Crippen molar-refractivity contribution in [3.05, 3.63) is 0 Å². The maximum atomic E-state index is 2.48. The van der Waals surface area contributed by atoms with Gasteiger partial charge < -0.3 is 0 Å². The summed E-state index contributed by atoms with van der Waals surface area (Å²) in [6.07, 6.45) is 15.5. The van der Waals surface area contributed by atoms with Gasteiger partial charge in [-0.2, -0.15) is 0 Å². The van der Waals surface area contributed by atoms with Gasteiger partial charge in [0.1, 0.15) is 0 Å². The monoisotopic (exact) mass is 296 g/mol. The molecule has 1 atom stereocenters. The van der Waals surface area contributed by atoms with Crippen molar-refractivity contribution in [1.82, 2.24) is 0 Å². The van der Waals surface area contributed by atoms with E-state index in [-0.39, 0.29) is 0 Å². The minimum Gasteiger partial charge on any atom is -0.0654 e. The Kier molecular flexibility index (Phi) is 10.7. The van der Waals surface area contributed by atoms with Crippen molar-refractivity contribution >= 4 is 0 Å². The molecule has 0 saturated carbocycles. The molecule has 0 N–H and O–H groups in total. The second-order valence-corrected chi connectivity index (χ2v) is 9.08. The van der Waals surface area contributed by atoms with Gasteiger partial charge in [0.25, 0.3) is 0 Å². The SMILES string of the molecule is CCCCCCCCCC(C)CC(C)(C)CC(C)(C)CC. The van der Waals surface area contributed by atoms with E-state index in [0.29, 0.717) is 10.8 Å². The molecule has 0 aromatic carbocycles. The topological polar surface area (TPSA) is 0 Å². The quantitative estimate of drug-likeness (QED) is 0.302. The molecule has 21 heavy (non-hydrogen) atoms. The first-order valence-electron chi connectivity index (χ1n) is 9.72. The van der Waals surface area contributed by atoms with Crippen LogP contribution in [0.25, 0.3) is 0 Å². The summed E-state index contributed by atoms with van der Waals surface area (Å²) in [6, 6.07) is 0. The van der Waals surface area contributed by atoms with Crippen molar-refractivity contribution in [1.29, 1.82) is 0 Å². The van der Waals surface area contributed by atoms with Gasteiger partial charge in [0.15, 0.2) is 0 Å². The molecule has 0 aromatic heterocycles. The van der Waals surface area contributed by atoms with E-state index in [1.807, 2.05) is 0 Å². The molecule has 0 heteroatoms. The number of rotatable bonds is 13. The van der Waals surface area contributed by atoms with Crippen LogP contribution in [0.5, 0.6) is 0 Å². The molecular weight excluding hydrogens is 252 g/mol. The van der Waals surface area contributed by atoms with Crippen molar-refractivity contribution in [2.24, 2.45) is 16.7 Å². The molecular formula is C21H44. The van der Waals surface area contributed by atoms with E-state index in [1.54, 1.807) is 0 Å². The van der Waals surface area contributed by atoms with Crippen LogP contribution in [0.2, 0.25) is 0 Å². The van der Waals surface area contributed by atoms with Crippen molar-refractivity contribution in [3.8, 4) is 0 Å². The molecule has 0 aliphatic heterocycles. The third-order valence-electron chi connectivity index (χ3n) is 5.12. The highest BCUT2D eigenvalue weighted by atomic mass is 14.3. The molecule has 0 fully saturated rings. The van der Waals surface area contributed by atoms with Crippen LogP contribution in [0.15, 0.2) is 0 Å². The van der Waals surface area contributed by atoms with E-state index in [2.05, 4.69) is 48.5 Å². The first kappa shape index (κ1) is 21.0.